The molecule has 4 N–H and O–H groups in total. The highest BCUT2D eigenvalue weighted by Crippen LogP contribution is 2.19. The van der Waals surface area contributed by atoms with Crippen LogP contribution in [-0.4, -0.2) is 29.7 Å². The van der Waals surface area contributed by atoms with Crippen molar-refractivity contribution in [3.05, 3.63) is 36.0 Å². The van der Waals surface area contributed by atoms with Gasteiger partial charge in [-0.05, 0) is 18.1 Å². The summed E-state index contributed by atoms with van der Waals surface area (Å²) < 4.78 is 36.0. The van der Waals surface area contributed by atoms with E-state index >= 15 is 0 Å². The molecule has 0 saturated heterocycles. The lowest BCUT2D eigenvalue weighted by Crippen LogP contribution is -2.45. The molecule has 20 heavy (non-hydrogen) atoms. The van der Waals surface area contributed by atoms with Gasteiger partial charge >= 0.3 is 6.18 Å². The number of carbonyl (C=O) groups is 1. The molecular formula is C13H14F3N3O. The molecule has 1 atom stereocenters. The average molecular weight is 285 g/mol. The number of nitrogens with one attached hydrogen (secondary N) is 2. The van der Waals surface area contributed by atoms with Gasteiger partial charge in [0, 0.05) is 17.1 Å². The number of rotatable bonds is 4. The van der Waals surface area contributed by atoms with E-state index in [-0.39, 0.29) is 6.42 Å². The van der Waals surface area contributed by atoms with Crippen molar-refractivity contribution in [1.29, 1.82) is 0 Å². The van der Waals surface area contributed by atoms with Crippen LogP contribution in [0.15, 0.2) is 30.5 Å². The van der Waals surface area contributed by atoms with E-state index in [9.17, 15) is 18.0 Å². The van der Waals surface area contributed by atoms with Gasteiger partial charge in [-0.25, -0.2) is 0 Å². The topological polar surface area (TPSA) is 70.9 Å². The molecule has 0 aliphatic carbocycles. The lowest BCUT2D eigenvalue weighted by Gasteiger charge is -2.13. The van der Waals surface area contributed by atoms with E-state index in [0.717, 1.165) is 16.5 Å². The largest absolute Gasteiger partial charge is 0.405 e. The SMILES string of the molecule is N[C@@H](Cc1c[nH]c2ccccc12)C(=O)NCC(F)(F)F. The van der Waals surface area contributed by atoms with Gasteiger partial charge in [0.1, 0.15) is 6.54 Å². The van der Waals surface area contributed by atoms with Gasteiger partial charge in [0.2, 0.25) is 5.91 Å². The monoisotopic (exact) mass is 285 g/mol. The van der Waals surface area contributed by atoms with Gasteiger partial charge in [0.25, 0.3) is 0 Å². The van der Waals surface area contributed by atoms with Crippen molar-refractivity contribution in [3.8, 4) is 0 Å². The van der Waals surface area contributed by atoms with Crippen molar-refractivity contribution >= 4 is 16.8 Å². The Morgan fingerprint density at radius 1 is 1.35 bits per heavy atom. The van der Waals surface area contributed by atoms with Crippen molar-refractivity contribution in [2.45, 2.75) is 18.6 Å². The molecule has 0 bridgehead atoms. The van der Waals surface area contributed by atoms with Crippen molar-refractivity contribution < 1.29 is 18.0 Å². The fourth-order valence-electron chi connectivity index (χ4n) is 1.95. The van der Waals surface area contributed by atoms with Crippen molar-refractivity contribution in [1.82, 2.24) is 10.3 Å². The first-order valence-corrected chi connectivity index (χ1v) is 6.02. The van der Waals surface area contributed by atoms with Gasteiger partial charge in [-0.2, -0.15) is 13.2 Å². The summed E-state index contributed by atoms with van der Waals surface area (Å²) in [7, 11) is 0. The summed E-state index contributed by atoms with van der Waals surface area (Å²) in [6, 6.07) is 6.42. The zero-order chi connectivity index (χ0) is 14.8. The fourth-order valence-corrected chi connectivity index (χ4v) is 1.95. The number of para-hydroxylation sites is 1. The first-order valence-electron chi connectivity index (χ1n) is 6.02. The van der Waals surface area contributed by atoms with E-state index in [2.05, 4.69) is 4.98 Å². The first kappa shape index (κ1) is 14.4. The fraction of sp³-hybridized carbons (Fsp3) is 0.308. The van der Waals surface area contributed by atoms with E-state index < -0.39 is 24.7 Å². The molecule has 1 amide bonds. The lowest BCUT2D eigenvalue weighted by molar-refractivity contribution is -0.139. The Kier molecular flexibility index (Phi) is 3.99. The van der Waals surface area contributed by atoms with Gasteiger partial charge in [-0.1, -0.05) is 18.2 Å². The number of H-pyrrole nitrogens is 1. The van der Waals surface area contributed by atoms with Crippen LogP contribution in [0.3, 0.4) is 0 Å². The molecule has 0 saturated carbocycles. The number of aromatic nitrogens is 1. The van der Waals surface area contributed by atoms with Gasteiger partial charge < -0.3 is 16.0 Å². The maximum atomic E-state index is 12.0. The standard InChI is InChI=1S/C13H14F3N3O/c14-13(15,16)7-19-12(20)10(17)5-8-6-18-11-4-2-1-3-9(8)11/h1-4,6,10,18H,5,7,17H2,(H,19,20)/t10-/m0/s1. The number of carbonyl (C=O) groups excluding carboxylic acids is 1. The summed E-state index contributed by atoms with van der Waals surface area (Å²) in [4.78, 5) is 14.5. The predicted molar refractivity (Wildman–Crippen MR) is 69.0 cm³/mol. The number of hydrogen-bond acceptors (Lipinski definition) is 2. The number of fused-ring (bicyclic) bond motifs is 1. The van der Waals surface area contributed by atoms with Crippen LogP contribution in [-0.2, 0) is 11.2 Å². The third-order valence-corrected chi connectivity index (χ3v) is 2.91. The highest BCUT2D eigenvalue weighted by molar-refractivity contribution is 5.86. The van der Waals surface area contributed by atoms with E-state index in [1.165, 1.54) is 0 Å². The van der Waals surface area contributed by atoms with Crippen molar-refractivity contribution in [2.75, 3.05) is 6.54 Å². The molecule has 0 fully saturated rings. The van der Waals surface area contributed by atoms with Crippen LogP contribution in [0.4, 0.5) is 13.2 Å². The van der Waals surface area contributed by atoms with Gasteiger partial charge in [0.15, 0.2) is 0 Å². The second-order valence-corrected chi connectivity index (χ2v) is 4.50. The molecule has 108 valence electrons. The Bertz CT molecular complexity index is 606. The maximum Gasteiger partial charge on any atom is 0.405 e. The van der Waals surface area contributed by atoms with Gasteiger partial charge in [0.05, 0.1) is 6.04 Å². The Morgan fingerprint density at radius 3 is 2.75 bits per heavy atom. The molecule has 0 radical (unpaired) electrons. The number of alkyl halides is 3. The second kappa shape index (κ2) is 5.54. The van der Waals surface area contributed by atoms with Crippen molar-refractivity contribution in [3.63, 3.8) is 0 Å². The highest BCUT2D eigenvalue weighted by atomic mass is 19.4. The minimum atomic E-state index is -4.43. The van der Waals surface area contributed by atoms with Crippen LogP contribution in [0, 0.1) is 0 Å². The smallest absolute Gasteiger partial charge is 0.361 e. The summed E-state index contributed by atoms with van der Waals surface area (Å²) in [5.41, 5.74) is 7.33. The molecular weight excluding hydrogens is 271 g/mol. The van der Waals surface area contributed by atoms with Crippen LogP contribution in [0.2, 0.25) is 0 Å². The minimum Gasteiger partial charge on any atom is -0.361 e. The second-order valence-electron chi connectivity index (χ2n) is 4.50. The van der Waals surface area contributed by atoms with Gasteiger partial charge in [-0.3, -0.25) is 4.79 Å². The number of benzene rings is 1. The maximum absolute atomic E-state index is 12.0. The molecule has 1 aromatic heterocycles. The quantitative estimate of drug-likeness (QED) is 0.800. The molecule has 7 heteroatoms. The molecule has 4 nitrogen and oxygen atoms in total. The molecule has 1 aromatic carbocycles. The highest BCUT2D eigenvalue weighted by Gasteiger charge is 2.28. The molecule has 2 rings (SSSR count). The Morgan fingerprint density at radius 2 is 2.05 bits per heavy atom. The van der Waals surface area contributed by atoms with E-state index in [0.29, 0.717) is 0 Å². The van der Waals surface area contributed by atoms with Gasteiger partial charge in [-0.15, -0.1) is 0 Å². The summed E-state index contributed by atoms with van der Waals surface area (Å²) in [5, 5.41) is 2.69. The zero-order valence-corrected chi connectivity index (χ0v) is 10.5. The van der Waals surface area contributed by atoms with Crippen LogP contribution >= 0.6 is 0 Å². The van der Waals surface area contributed by atoms with Crippen LogP contribution in [0.1, 0.15) is 5.56 Å². The van der Waals surface area contributed by atoms with E-state index in [4.69, 9.17) is 5.73 Å². The molecule has 0 spiro atoms. The Hall–Kier alpha value is -2.02. The zero-order valence-electron chi connectivity index (χ0n) is 10.5. The Labute approximate surface area is 113 Å². The van der Waals surface area contributed by atoms with Crippen LogP contribution in [0.5, 0.6) is 0 Å². The number of nitrogens with two attached hydrogens (primary N) is 1. The number of hydrogen-bond donors (Lipinski definition) is 3. The summed E-state index contributed by atoms with van der Waals surface area (Å²) >= 11 is 0. The molecule has 0 aliphatic heterocycles. The summed E-state index contributed by atoms with van der Waals surface area (Å²) in [5.74, 6) is -0.812. The van der Waals surface area contributed by atoms with Crippen LogP contribution in [0.25, 0.3) is 10.9 Å². The molecule has 0 aliphatic rings. The predicted octanol–water partition coefficient (Wildman–Crippen LogP) is 1.72. The molecule has 2 aromatic rings. The minimum absolute atomic E-state index is 0.174. The molecule has 1 heterocycles. The summed E-state index contributed by atoms with van der Waals surface area (Å²) in [6.45, 7) is -1.37. The van der Waals surface area contributed by atoms with Crippen molar-refractivity contribution in [2.24, 2.45) is 5.73 Å². The third kappa shape index (κ3) is 3.51. The van der Waals surface area contributed by atoms with E-state index in [1.54, 1.807) is 11.5 Å². The number of halogens is 3. The first-order chi connectivity index (χ1) is 9.37. The summed E-state index contributed by atoms with van der Waals surface area (Å²) in [6.07, 6.45) is -2.55. The van der Waals surface area contributed by atoms with Crippen LogP contribution < -0.4 is 11.1 Å². The number of aromatic amines is 1. The van der Waals surface area contributed by atoms with E-state index in [1.807, 2.05) is 24.3 Å². The average Bonchev–Trinajstić information content (AvgIpc) is 2.78. The lowest BCUT2D eigenvalue weighted by atomic mass is 10.1. The normalized spacial score (nSPS) is 13.4. The molecule has 0 unspecified atom stereocenters. The Balaban J connectivity index is 2.00. The number of amides is 1. The third-order valence-electron chi connectivity index (χ3n) is 2.91.